The molecule has 0 aliphatic rings. The first-order valence-corrected chi connectivity index (χ1v) is 7.28. The Kier molecular flexibility index (Phi) is 11.3. The van der Waals surface area contributed by atoms with Crippen LogP contribution in [0, 0.1) is 0 Å². The van der Waals surface area contributed by atoms with Gasteiger partial charge in [-0.25, -0.2) is 0 Å². The first kappa shape index (κ1) is 17.9. The number of allylic oxidation sites excluding steroid dienone is 6. The second kappa shape index (κ2) is 12.0. The summed E-state index contributed by atoms with van der Waals surface area (Å²) in [4.78, 5) is 0. The lowest BCUT2D eigenvalue weighted by atomic mass is 10.1. The quantitative estimate of drug-likeness (QED) is 0.416. The van der Waals surface area contributed by atoms with E-state index in [4.69, 9.17) is 0 Å². The summed E-state index contributed by atoms with van der Waals surface area (Å²) in [5.74, 6) is 0. The van der Waals surface area contributed by atoms with Crippen LogP contribution in [-0.4, -0.2) is 11.7 Å². The highest BCUT2D eigenvalue weighted by atomic mass is 16.3. The Balaban J connectivity index is 3.99. The van der Waals surface area contributed by atoms with Gasteiger partial charge in [-0.05, 0) is 64.9 Å². The van der Waals surface area contributed by atoms with Crippen LogP contribution in [0.2, 0.25) is 0 Å². The maximum atomic E-state index is 9.27. The second-order valence-electron chi connectivity index (χ2n) is 5.30. The molecule has 0 saturated carbocycles. The molecule has 0 saturated heterocycles. The van der Waals surface area contributed by atoms with E-state index in [-0.39, 0.29) is 6.61 Å². The van der Waals surface area contributed by atoms with E-state index in [9.17, 15) is 5.11 Å². The van der Waals surface area contributed by atoms with Crippen molar-refractivity contribution in [3.63, 3.8) is 0 Å². The normalized spacial score (nSPS) is 12.4. The number of hydrogen-bond acceptors (Lipinski definition) is 1. The SMILES string of the molecule is C=CCC/C=C(/CO)CC/C=C(\C)CCC=C(C)C. The average Bonchev–Trinajstić information content (AvgIpc) is 2.36. The molecule has 0 aromatic rings. The predicted molar refractivity (Wildman–Crippen MR) is 86.3 cm³/mol. The van der Waals surface area contributed by atoms with Gasteiger partial charge in [0.1, 0.15) is 0 Å². The standard InChI is InChI=1S/C18H30O/c1-5-6-7-13-18(15-19)14-9-12-17(4)11-8-10-16(2)3/h5,10,12-13,19H,1,6-9,11,14-15H2,2-4H3/b17-12+,18-13+. The molecule has 0 aliphatic carbocycles. The van der Waals surface area contributed by atoms with E-state index in [1.165, 1.54) is 11.1 Å². The summed E-state index contributed by atoms with van der Waals surface area (Å²) in [5, 5.41) is 9.27. The van der Waals surface area contributed by atoms with Crippen LogP contribution in [0.5, 0.6) is 0 Å². The first-order chi connectivity index (χ1) is 9.10. The van der Waals surface area contributed by atoms with Crippen molar-refractivity contribution in [3.05, 3.63) is 47.6 Å². The molecule has 0 atom stereocenters. The molecule has 1 heteroatoms. The van der Waals surface area contributed by atoms with Crippen LogP contribution in [0.3, 0.4) is 0 Å². The van der Waals surface area contributed by atoms with Crippen molar-refractivity contribution in [3.8, 4) is 0 Å². The van der Waals surface area contributed by atoms with Crippen molar-refractivity contribution in [2.24, 2.45) is 0 Å². The third-order valence-corrected chi connectivity index (χ3v) is 3.06. The van der Waals surface area contributed by atoms with Crippen molar-refractivity contribution in [1.82, 2.24) is 0 Å². The average molecular weight is 262 g/mol. The minimum absolute atomic E-state index is 0.182. The van der Waals surface area contributed by atoms with E-state index < -0.39 is 0 Å². The van der Waals surface area contributed by atoms with Gasteiger partial charge in [-0.2, -0.15) is 0 Å². The van der Waals surface area contributed by atoms with Crippen LogP contribution in [0.15, 0.2) is 47.6 Å². The molecule has 0 aromatic heterocycles. The Hall–Kier alpha value is -1.08. The molecule has 0 bridgehead atoms. The van der Waals surface area contributed by atoms with Gasteiger partial charge in [-0.1, -0.05) is 35.5 Å². The zero-order chi connectivity index (χ0) is 14.5. The molecule has 0 spiro atoms. The van der Waals surface area contributed by atoms with Crippen LogP contribution in [0.1, 0.15) is 59.3 Å². The summed E-state index contributed by atoms with van der Waals surface area (Å²) in [7, 11) is 0. The highest BCUT2D eigenvalue weighted by molar-refractivity contribution is 5.07. The smallest absolute Gasteiger partial charge is 0.0641 e. The first-order valence-electron chi connectivity index (χ1n) is 7.28. The molecule has 1 nitrogen and oxygen atoms in total. The van der Waals surface area contributed by atoms with Crippen LogP contribution >= 0.6 is 0 Å². The summed E-state index contributed by atoms with van der Waals surface area (Å²) in [6.07, 6.45) is 14.9. The van der Waals surface area contributed by atoms with Gasteiger partial charge in [0.25, 0.3) is 0 Å². The van der Waals surface area contributed by atoms with Crippen molar-refractivity contribution >= 4 is 0 Å². The molecule has 108 valence electrons. The lowest BCUT2D eigenvalue weighted by Crippen LogP contribution is -1.90. The fourth-order valence-corrected chi connectivity index (χ4v) is 1.85. The van der Waals surface area contributed by atoms with Crippen molar-refractivity contribution < 1.29 is 5.11 Å². The third kappa shape index (κ3) is 11.7. The Morgan fingerprint density at radius 1 is 0.895 bits per heavy atom. The minimum Gasteiger partial charge on any atom is -0.392 e. The van der Waals surface area contributed by atoms with Crippen LogP contribution in [-0.2, 0) is 0 Å². The van der Waals surface area contributed by atoms with E-state index >= 15 is 0 Å². The van der Waals surface area contributed by atoms with Gasteiger partial charge < -0.3 is 5.11 Å². The number of aliphatic hydroxyl groups excluding tert-OH is 1. The highest BCUT2D eigenvalue weighted by Crippen LogP contribution is 2.12. The molecule has 0 unspecified atom stereocenters. The summed E-state index contributed by atoms with van der Waals surface area (Å²) < 4.78 is 0. The van der Waals surface area contributed by atoms with E-state index in [0.717, 1.165) is 44.1 Å². The van der Waals surface area contributed by atoms with Gasteiger partial charge in [0, 0.05) is 0 Å². The molecule has 0 rings (SSSR count). The van der Waals surface area contributed by atoms with Gasteiger partial charge in [-0.15, -0.1) is 6.58 Å². The Labute approximate surface area is 119 Å². The number of rotatable bonds is 10. The van der Waals surface area contributed by atoms with E-state index in [2.05, 4.69) is 45.6 Å². The molecule has 0 fully saturated rings. The van der Waals surface area contributed by atoms with Gasteiger partial charge in [0.15, 0.2) is 0 Å². The topological polar surface area (TPSA) is 20.2 Å². The Morgan fingerprint density at radius 2 is 1.58 bits per heavy atom. The van der Waals surface area contributed by atoms with Gasteiger partial charge >= 0.3 is 0 Å². The van der Waals surface area contributed by atoms with Gasteiger partial charge in [-0.3, -0.25) is 0 Å². The Bertz CT molecular complexity index is 328. The van der Waals surface area contributed by atoms with Gasteiger partial charge in [0.2, 0.25) is 0 Å². The lowest BCUT2D eigenvalue weighted by Gasteiger charge is -2.03. The van der Waals surface area contributed by atoms with Crippen molar-refractivity contribution in [2.45, 2.75) is 59.3 Å². The monoisotopic (exact) mass is 262 g/mol. The zero-order valence-corrected chi connectivity index (χ0v) is 12.9. The van der Waals surface area contributed by atoms with Crippen LogP contribution in [0.4, 0.5) is 0 Å². The Morgan fingerprint density at radius 3 is 2.16 bits per heavy atom. The third-order valence-electron chi connectivity index (χ3n) is 3.06. The largest absolute Gasteiger partial charge is 0.392 e. The molecule has 0 radical (unpaired) electrons. The van der Waals surface area contributed by atoms with Crippen LogP contribution < -0.4 is 0 Å². The van der Waals surface area contributed by atoms with E-state index in [1.807, 2.05) is 6.08 Å². The van der Waals surface area contributed by atoms with Crippen molar-refractivity contribution in [2.75, 3.05) is 6.61 Å². The maximum Gasteiger partial charge on any atom is 0.0641 e. The lowest BCUT2D eigenvalue weighted by molar-refractivity contribution is 0.326. The molecule has 0 aliphatic heterocycles. The maximum absolute atomic E-state index is 9.27. The van der Waals surface area contributed by atoms with Gasteiger partial charge in [0.05, 0.1) is 6.61 Å². The summed E-state index contributed by atoms with van der Waals surface area (Å²) in [5.41, 5.74) is 3.98. The number of hydrogen-bond donors (Lipinski definition) is 1. The summed E-state index contributed by atoms with van der Waals surface area (Å²) >= 11 is 0. The fourth-order valence-electron chi connectivity index (χ4n) is 1.85. The molecular weight excluding hydrogens is 232 g/mol. The second-order valence-corrected chi connectivity index (χ2v) is 5.30. The fraction of sp³-hybridized carbons (Fsp3) is 0.556. The minimum atomic E-state index is 0.182. The highest BCUT2D eigenvalue weighted by Gasteiger charge is 1.95. The number of aliphatic hydroxyl groups is 1. The predicted octanol–water partition coefficient (Wildman–Crippen LogP) is 5.34. The van der Waals surface area contributed by atoms with Crippen molar-refractivity contribution in [1.29, 1.82) is 0 Å². The summed E-state index contributed by atoms with van der Waals surface area (Å²) in [6.45, 7) is 10.4. The van der Waals surface area contributed by atoms with Crippen LogP contribution in [0.25, 0.3) is 0 Å². The molecule has 0 amide bonds. The molecular formula is C18H30O. The zero-order valence-electron chi connectivity index (χ0n) is 12.9. The number of unbranched alkanes of at least 4 members (excludes halogenated alkanes) is 1. The molecule has 0 aromatic carbocycles. The summed E-state index contributed by atoms with van der Waals surface area (Å²) in [6, 6.07) is 0. The molecule has 0 heterocycles. The van der Waals surface area contributed by atoms with E-state index in [0.29, 0.717) is 0 Å². The molecule has 19 heavy (non-hydrogen) atoms. The van der Waals surface area contributed by atoms with E-state index in [1.54, 1.807) is 0 Å². The molecule has 1 N–H and O–H groups in total.